The van der Waals surface area contributed by atoms with E-state index in [2.05, 4.69) is 55.9 Å². The predicted molar refractivity (Wildman–Crippen MR) is 144 cm³/mol. The summed E-state index contributed by atoms with van der Waals surface area (Å²) in [7, 11) is 2.15. The molecule has 1 fully saturated rings. The molecule has 0 bridgehead atoms. The average molecular weight is 498 g/mol. The van der Waals surface area contributed by atoms with Crippen molar-refractivity contribution in [1.82, 2.24) is 39.1 Å². The Morgan fingerprint density at radius 2 is 1.81 bits per heavy atom. The number of anilines is 3. The summed E-state index contributed by atoms with van der Waals surface area (Å²) in [5, 5.41) is 8.48. The average Bonchev–Trinajstić information content (AvgIpc) is 3.41. The second-order valence-corrected chi connectivity index (χ2v) is 9.05. The first-order valence-electron chi connectivity index (χ1n) is 12.0. The van der Waals surface area contributed by atoms with Gasteiger partial charge in [0.05, 0.1) is 12.7 Å². The van der Waals surface area contributed by atoms with Crippen molar-refractivity contribution in [2.45, 2.75) is 6.54 Å². The Morgan fingerprint density at radius 1 is 1.03 bits per heavy atom. The molecule has 0 spiro atoms. The van der Waals surface area contributed by atoms with Crippen molar-refractivity contribution in [3.8, 4) is 5.82 Å². The molecule has 1 aromatic carbocycles. The van der Waals surface area contributed by atoms with E-state index < -0.39 is 0 Å². The number of nitrogens with two attached hydrogens (primary N) is 1. The summed E-state index contributed by atoms with van der Waals surface area (Å²) in [5.74, 6) is 6.77. The molecule has 12 heteroatoms. The van der Waals surface area contributed by atoms with Crippen LogP contribution in [-0.4, -0.2) is 72.3 Å². The summed E-state index contributed by atoms with van der Waals surface area (Å²) in [6.45, 7) is 8.18. The molecule has 0 unspecified atom stereocenters. The van der Waals surface area contributed by atoms with Crippen molar-refractivity contribution in [2.75, 3.05) is 49.3 Å². The van der Waals surface area contributed by atoms with Gasteiger partial charge in [0, 0.05) is 49.1 Å². The molecule has 1 aliphatic rings. The molecule has 5 heterocycles. The molecule has 188 valence electrons. The lowest BCUT2D eigenvalue weighted by Gasteiger charge is -2.34. The van der Waals surface area contributed by atoms with Gasteiger partial charge in [0.25, 0.3) is 5.56 Å². The Morgan fingerprint density at radius 3 is 2.57 bits per heavy atom. The first kappa shape index (κ1) is 22.7. The van der Waals surface area contributed by atoms with Crippen LogP contribution in [0.4, 0.5) is 17.3 Å². The second kappa shape index (κ2) is 9.06. The minimum atomic E-state index is -0.235. The van der Waals surface area contributed by atoms with E-state index in [9.17, 15) is 4.79 Å². The van der Waals surface area contributed by atoms with Crippen molar-refractivity contribution < 1.29 is 0 Å². The zero-order chi connectivity index (χ0) is 25.5. The van der Waals surface area contributed by atoms with Gasteiger partial charge in [0.2, 0.25) is 5.95 Å². The number of hydrogen-bond donors (Lipinski definition) is 2. The highest BCUT2D eigenvalue weighted by Gasteiger charge is 2.19. The van der Waals surface area contributed by atoms with Crippen LogP contribution < -0.4 is 21.6 Å². The lowest BCUT2D eigenvalue weighted by atomic mass is 10.2. The van der Waals surface area contributed by atoms with Gasteiger partial charge in [-0.05, 0) is 43.4 Å². The fraction of sp³-hybridized carbons (Fsp3) is 0.240. The summed E-state index contributed by atoms with van der Waals surface area (Å²) < 4.78 is 3.18. The number of nitrogens with one attached hydrogen (secondary N) is 1. The molecule has 12 nitrogen and oxygen atoms in total. The van der Waals surface area contributed by atoms with E-state index in [4.69, 9.17) is 10.8 Å². The monoisotopic (exact) mass is 497 g/mol. The van der Waals surface area contributed by atoms with Crippen LogP contribution in [0.2, 0.25) is 0 Å². The number of aromatic nitrogens is 7. The second-order valence-electron chi connectivity index (χ2n) is 9.05. The Kier molecular flexibility index (Phi) is 5.57. The number of hydrogen-bond acceptors (Lipinski definition) is 9. The largest absolute Gasteiger partial charge is 0.369 e. The molecule has 3 N–H and O–H groups in total. The maximum absolute atomic E-state index is 13.2. The van der Waals surface area contributed by atoms with Crippen molar-refractivity contribution in [2.24, 2.45) is 0 Å². The van der Waals surface area contributed by atoms with Gasteiger partial charge in [-0.25, -0.2) is 19.3 Å². The molecule has 0 atom stereocenters. The van der Waals surface area contributed by atoms with E-state index in [1.54, 1.807) is 23.0 Å². The first-order chi connectivity index (χ1) is 18.0. The lowest BCUT2D eigenvalue weighted by molar-refractivity contribution is 0.313. The van der Waals surface area contributed by atoms with Gasteiger partial charge < -0.3 is 21.0 Å². The molecule has 1 aliphatic heterocycles. The van der Waals surface area contributed by atoms with Crippen molar-refractivity contribution in [1.29, 1.82) is 0 Å². The third kappa shape index (κ3) is 4.06. The fourth-order valence-corrected chi connectivity index (χ4v) is 4.59. The Bertz CT molecular complexity index is 1660. The van der Waals surface area contributed by atoms with Crippen molar-refractivity contribution >= 4 is 39.4 Å². The molecule has 37 heavy (non-hydrogen) atoms. The zero-order valence-corrected chi connectivity index (χ0v) is 20.4. The minimum Gasteiger partial charge on any atom is -0.369 e. The van der Waals surface area contributed by atoms with Crippen LogP contribution in [0, 0.1) is 0 Å². The molecule has 0 aliphatic carbocycles. The maximum Gasteiger partial charge on any atom is 0.278 e. The normalized spacial score (nSPS) is 14.5. The molecule has 0 radical (unpaired) electrons. The summed E-state index contributed by atoms with van der Waals surface area (Å²) in [5.41, 5.74) is 2.72. The van der Waals surface area contributed by atoms with Crippen LogP contribution in [-0.2, 0) is 6.54 Å². The van der Waals surface area contributed by atoms with Gasteiger partial charge in [-0.3, -0.25) is 4.79 Å². The Balaban J connectivity index is 1.36. The zero-order valence-electron chi connectivity index (χ0n) is 20.4. The third-order valence-electron chi connectivity index (χ3n) is 6.62. The molecule has 6 rings (SSSR count). The van der Waals surface area contributed by atoms with Gasteiger partial charge >= 0.3 is 0 Å². The summed E-state index contributed by atoms with van der Waals surface area (Å²) in [6.07, 6.45) is 4.82. The molecule has 1 saturated heterocycles. The highest BCUT2D eigenvalue weighted by atomic mass is 16.1. The molecule has 0 saturated carbocycles. The number of pyridine rings is 1. The number of rotatable bonds is 6. The maximum atomic E-state index is 13.2. The number of allylic oxidation sites excluding steroid dienone is 1. The Labute approximate surface area is 212 Å². The van der Waals surface area contributed by atoms with Crippen LogP contribution in [0.15, 0.2) is 66.2 Å². The van der Waals surface area contributed by atoms with E-state index in [0.29, 0.717) is 28.4 Å². The van der Waals surface area contributed by atoms with E-state index in [1.165, 1.54) is 21.4 Å². The topological polar surface area (TPSA) is 128 Å². The van der Waals surface area contributed by atoms with Gasteiger partial charge in [0.15, 0.2) is 17.1 Å². The first-order valence-corrected chi connectivity index (χ1v) is 12.0. The van der Waals surface area contributed by atoms with Crippen LogP contribution >= 0.6 is 0 Å². The summed E-state index contributed by atoms with van der Waals surface area (Å²) in [4.78, 5) is 32.8. The van der Waals surface area contributed by atoms with Crippen LogP contribution in [0.5, 0.6) is 0 Å². The number of nitrogen functional groups attached to an aromatic ring is 1. The number of likely N-dealkylation sites (N-methyl/N-ethyl adjacent to an activating group) is 1. The molecular weight excluding hydrogens is 470 g/mol. The van der Waals surface area contributed by atoms with E-state index in [0.717, 1.165) is 37.3 Å². The van der Waals surface area contributed by atoms with Gasteiger partial charge in [-0.15, -0.1) is 6.58 Å². The molecule has 5 aromatic rings. The molecular formula is C25H27N11O. The Hall–Kier alpha value is -4.71. The van der Waals surface area contributed by atoms with E-state index in [-0.39, 0.29) is 12.1 Å². The van der Waals surface area contributed by atoms with Crippen LogP contribution in [0.25, 0.3) is 27.9 Å². The lowest BCUT2D eigenvalue weighted by Crippen LogP contribution is -2.44. The molecule has 4 aromatic heterocycles. The number of fused-ring (bicyclic) bond motifs is 2. The standard InChI is InChI=1S/C25H27N11O/c1-3-10-34-24(37)20-16-27-25(29-18-5-7-19(8-6-18)33-13-11-32(2)12-14-33)31-23(20)35(34)21-9-4-17-15-28-36(26)22(17)30-21/h3-9,15-16H,1,10-14,26H2,2H3,(H,27,29,31). The summed E-state index contributed by atoms with van der Waals surface area (Å²) >= 11 is 0. The van der Waals surface area contributed by atoms with Gasteiger partial charge in [0.1, 0.15) is 5.39 Å². The number of nitrogens with zero attached hydrogens (tertiary/aromatic N) is 9. The van der Waals surface area contributed by atoms with Crippen molar-refractivity contribution in [3.05, 3.63) is 71.8 Å². The van der Waals surface area contributed by atoms with Crippen LogP contribution in [0.1, 0.15) is 0 Å². The smallest absolute Gasteiger partial charge is 0.278 e. The molecule has 0 amide bonds. The van der Waals surface area contributed by atoms with Crippen LogP contribution in [0.3, 0.4) is 0 Å². The van der Waals surface area contributed by atoms with Gasteiger partial charge in [-0.2, -0.15) is 14.9 Å². The predicted octanol–water partition coefficient (Wildman–Crippen LogP) is 1.72. The quantitative estimate of drug-likeness (QED) is 0.266. The summed E-state index contributed by atoms with van der Waals surface area (Å²) in [6, 6.07) is 11.9. The minimum absolute atomic E-state index is 0.235. The number of benzene rings is 1. The fourth-order valence-electron chi connectivity index (χ4n) is 4.59. The van der Waals surface area contributed by atoms with E-state index in [1.807, 2.05) is 18.2 Å². The highest BCUT2D eigenvalue weighted by Crippen LogP contribution is 2.23. The van der Waals surface area contributed by atoms with Crippen molar-refractivity contribution in [3.63, 3.8) is 0 Å². The van der Waals surface area contributed by atoms with Gasteiger partial charge in [-0.1, -0.05) is 6.08 Å². The van der Waals surface area contributed by atoms with E-state index >= 15 is 0 Å². The SMILES string of the molecule is C=CCn1c(=O)c2cnc(Nc3ccc(N4CCN(C)CC4)cc3)nc2n1-c1ccc2cnn(N)c2n1. The third-order valence-corrected chi connectivity index (χ3v) is 6.62. The number of piperazine rings is 1. The highest BCUT2D eigenvalue weighted by molar-refractivity contribution is 5.79.